The molecule has 2 nitrogen and oxygen atoms in total. The van der Waals surface area contributed by atoms with Crippen LogP contribution < -0.4 is 5.73 Å². The molecule has 0 saturated carbocycles. The molecule has 0 bridgehead atoms. The van der Waals surface area contributed by atoms with Crippen LogP contribution in [0.25, 0.3) is 0 Å². The molecule has 19 heavy (non-hydrogen) atoms. The number of nitrogens with two attached hydrogens (primary N) is 1. The van der Waals surface area contributed by atoms with Crippen LogP contribution in [0.4, 0.5) is 0 Å². The molecule has 0 saturated heterocycles. The number of hydrogen-bond acceptors (Lipinski definition) is 2. The zero-order chi connectivity index (χ0) is 13.8. The summed E-state index contributed by atoms with van der Waals surface area (Å²) >= 11 is 5.96. The number of halogens is 1. The molecule has 0 radical (unpaired) electrons. The van der Waals surface area contributed by atoms with Gasteiger partial charge in [-0.15, -0.1) is 0 Å². The Hall–Kier alpha value is -1.35. The second-order valence-electron chi connectivity index (χ2n) is 4.75. The molecule has 0 fully saturated rings. The average Bonchev–Trinajstić information content (AvgIpc) is 2.41. The van der Waals surface area contributed by atoms with Crippen LogP contribution in [0.15, 0.2) is 48.5 Å². The summed E-state index contributed by atoms with van der Waals surface area (Å²) in [7, 11) is 0. The van der Waals surface area contributed by atoms with E-state index in [2.05, 4.69) is 0 Å². The van der Waals surface area contributed by atoms with Crippen molar-refractivity contribution in [2.75, 3.05) is 6.54 Å². The molecule has 0 spiro atoms. The third-order valence-electron chi connectivity index (χ3n) is 3.33. The lowest BCUT2D eigenvalue weighted by atomic mass is 9.89. The smallest absolute Gasteiger partial charge is 0.0871 e. The fourth-order valence-electron chi connectivity index (χ4n) is 2.18. The number of aryl methyl sites for hydroxylation is 1. The minimum absolute atomic E-state index is 0.126. The van der Waals surface area contributed by atoms with Crippen molar-refractivity contribution in [2.24, 2.45) is 5.73 Å². The number of benzene rings is 2. The van der Waals surface area contributed by atoms with Gasteiger partial charge in [-0.3, -0.25) is 0 Å². The molecule has 2 rings (SSSR count). The quantitative estimate of drug-likeness (QED) is 0.898. The summed E-state index contributed by atoms with van der Waals surface area (Å²) in [5.74, 6) is -0.126. The average molecular weight is 276 g/mol. The lowest BCUT2D eigenvalue weighted by Gasteiger charge is -2.22. The highest BCUT2D eigenvalue weighted by Crippen LogP contribution is 2.31. The zero-order valence-corrected chi connectivity index (χ0v) is 11.6. The fourth-order valence-corrected chi connectivity index (χ4v) is 2.38. The van der Waals surface area contributed by atoms with Gasteiger partial charge in [-0.2, -0.15) is 0 Å². The summed E-state index contributed by atoms with van der Waals surface area (Å²) in [6.07, 6.45) is -0.647. The van der Waals surface area contributed by atoms with Crippen LogP contribution in [0.1, 0.15) is 28.7 Å². The SMILES string of the molecule is Cc1ccc(C(CN)C(O)c2cccc(Cl)c2)cc1. The molecular weight excluding hydrogens is 258 g/mol. The molecule has 3 heteroatoms. The Balaban J connectivity index is 2.28. The third kappa shape index (κ3) is 3.35. The standard InChI is InChI=1S/C16H18ClNO/c1-11-5-7-12(8-6-11)15(10-18)16(19)13-3-2-4-14(17)9-13/h2-9,15-16,19H,10,18H2,1H3. The first-order valence-electron chi connectivity index (χ1n) is 6.32. The van der Waals surface area contributed by atoms with Crippen molar-refractivity contribution in [1.82, 2.24) is 0 Å². The van der Waals surface area contributed by atoms with E-state index in [1.165, 1.54) is 5.56 Å². The normalized spacial score (nSPS) is 14.1. The van der Waals surface area contributed by atoms with Gasteiger partial charge in [0.15, 0.2) is 0 Å². The molecule has 2 aromatic carbocycles. The van der Waals surface area contributed by atoms with Crippen LogP contribution in [0, 0.1) is 6.92 Å². The van der Waals surface area contributed by atoms with Crippen LogP contribution >= 0.6 is 11.6 Å². The Morgan fingerprint density at radius 2 is 1.79 bits per heavy atom. The maximum Gasteiger partial charge on any atom is 0.0871 e. The molecule has 3 N–H and O–H groups in total. The van der Waals surface area contributed by atoms with Crippen molar-refractivity contribution in [1.29, 1.82) is 0 Å². The lowest BCUT2D eigenvalue weighted by Crippen LogP contribution is -2.20. The molecule has 0 heterocycles. The second kappa shape index (κ2) is 6.20. The monoisotopic (exact) mass is 275 g/mol. The van der Waals surface area contributed by atoms with Crippen LogP contribution in [0.5, 0.6) is 0 Å². The van der Waals surface area contributed by atoms with Crippen molar-refractivity contribution in [3.63, 3.8) is 0 Å². The van der Waals surface area contributed by atoms with Crippen molar-refractivity contribution in [3.8, 4) is 0 Å². The first-order valence-corrected chi connectivity index (χ1v) is 6.70. The van der Waals surface area contributed by atoms with Crippen LogP contribution in [0.2, 0.25) is 5.02 Å². The van der Waals surface area contributed by atoms with Crippen LogP contribution in [-0.2, 0) is 0 Å². The summed E-state index contributed by atoms with van der Waals surface area (Å²) < 4.78 is 0. The largest absolute Gasteiger partial charge is 0.388 e. The summed E-state index contributed by atoms with van der Waals surface area (Å²) in [6.45, 7) is 2.42. The molecule has 0 aliphatic rings. The molecule has 2 atom stereocenters. The van der Waals surface area contributed by atoms with Gasteiger partial charge >= 0.3 is 0 Å². The van der Waals surface area contributed by atoms with E-state index in [1.807, 2.05) is 43.3 Å². The first-order chi connectivity index (χ1) is 9.11. The maximum atomic E-state index is 10.5. The number of hydrogen-bond donors (Lipinski definition) is 2. The number of aliphatic hydroxyl groups excluding tert-OH is 1. The van der Waals surface area contributed by atoms with Crippen LogP contribution in [0.3, 0.4) is 0 Å². The van der Waals surface area contributed by atoms with Crippen molar-refractivity contribution in [2.45, 2.75) is 18.9 Å². The molecule has 0 amide bonds. The highest BCUT2D eigenvalue weighted by atomic mass is 35.5. The van der Waals surface area contributed by atoms with Crippen molar-refractivity contribution in [3.05, 3.63) is 70.2 Å². The van der Waals surface area contributed by atoms with Gasteiger partial charge in [0, 0.05) is 17.5 Å². The highest BCUT2D eigenvalue weighted by molar-refractivity contribution is 6.30. The number of aliphatic hydroxyl groups is 1. The van der Waals surface area contributed by atoms with Gasteiger partial charge in [0.25, 0.3) is 0 Å². The van der Waals surface area contributed by atoms with E-state index < -0.39 is 6.10 Å². The summed E-state index contributed by atoms with van der Waals surface area (Å²) in [6, 6.07) is 15.4. The van der Waals surface area contributed by atoms with E-state index in [-0.39, 0.29) is 5.92 Å². The Kier molecular flexibility index (Phi) is 4.59. The molecule has 2 unspecified atom stereocenters. The Morgan fingerprint density at radius 3 is 2.37 bits per heavy atom. The van der Waals surface area contributed by atoms with Crippen molar-refractivity contribution >= 4 is 11.6 Å². The van der Waals surface area contributed by atoms with E-state index in [9.17, 15) is 5.11 Å². The van der Waals surface area contributed by atoms with E-state index in [0.717, 1.165) is 11.1 Å². The topological polar surface area (TPSA) is 46.2 Å². The van der Waals surface area contributed by atoms with Crippen LogP contribution in [-0.4, -0.2) is 11.7 Å². The molecular formula is C16H18ClNO. The predicted molar refractivity (Wildman–Crippen MR) is 79.4 cm³/mol. The van der Waals surface area contributed by atoms with E-state index in [0.29, 0.717) is 11.6 Å². The minimum atomic E-state index is -0.647. The highest BCUT2D eigenvalue weighted by Gasteiger charge is 2.21. The molecule has 2 aromatic rings. The van der Waals surface area contributed by atoms with Gasteiger partial charge in [-0.05, 0) is 30.2 Å². The number of rotatable bonds is 4. The molecule has 0 aliphatic heterocycles. The van der Waals surface area contributed by atoms with Gasteiger partial charge in [0.2, 0.25) is 0 Å². The Labute approximate surface area is 118 Å². The van der Waals surface area contributed by atoms with Gasteiger partial charge in [0.05, 0.1) is 6.10 Å². The zero-order valence-electron chi connectivity index (χ0n) is 10.9. The lowest BCUT2D eigenvalue weighted by molar-refractivity contribution is 0.147. The van der Waals surface area contributed by atoms with Crippen molar-refractivity contribution < 1.29 is 5.11 Å². The van der Waals surface area contributed by atoms with Gasteiger partial charge in [-0.1, -0.05) is 53.6 Å². The minimum Gasteiger partial charge on any atom is -0.388 e. The fraction of sp³-hybridized carbons (Fsp3) is 0.250. The van der Waals surface area contributed by atoms with Gasteiger partial charge in [-0.25, -0.2) is 0 Å². The van der Waals surface area contributed by atoms with Gasteiger partial charge in [0.1, 0.15) is 0 Å². The Bertz CT molecular complexity index is 539. The summed E-state index contributed by atoms with van der Waals surface area (Å²) in [5, 5.41) is 11.1. The summed E-state index contributed by atoms with van der Waals surface area (Å²) in [4.78, 5) is 0. The molecule has 100 valence electrons. The molecule has 0 aromatic heterocycles. The van der Waals surface area contributed by atoms with E-state index in [4.69, 9.17) is 17.3 Å². The van der Waals surface area contributed by atoms with Gasteiger partial charge < -0.3 is 10.8 Å². The molecule has 0 aliphatic carbocycles. The Morgan fingerprint density at radius 1 is 1.11 bits per heavy atom. The van der Waals surface area contributed by atoms with E-state index in [1.54, 1.807) is 12.1 Å². The third-order valence-corrected chi connectivity index (χ3v) is 3.57. The van der Waals surface area contributed by atoms with E-state index >= 15 is 0 Å². The second-order valence-corrected chi connectivity index (χ2v) is 5.19. The first kappa shape index (κ1) is 14.1. The predicted octanol–water partition coefficient (Wildman–Crippen LogP) is 3.42. The summed E-state index contributed by atoms with van der Waals surface area (Å²) in [5.41, 5.74) is 8.85. The maximum absolute atomic E-state index is 10.5.